The van der Waals surface area contributed by atoms with Crippen molar-refractivity contribution in [1.29, 1.82) is 0 Å². The number of rotatable bonds is 3. The monoisotopic (exact) mass is 359 g/mol. The number of carboxylic acids is 1. The molecule has 0 aromatic heterocycles. The first-order chi connectivity index (χ1) is 9.38. The highest BCUT2D eigenvalue weighted by Crippen LogP contribution is 2.37. The van der Waals surface area contributed by atoms with Crippen molar-refractivity contribution >= 4 is 45.1 Å². The molecular formula is C14H15BrClNO3. The summed E-state index contributed by atoms with van der Waals surface area (Å²) in [5.74, 6) is -1.98. The summed E-state index contributed by atoms with van der Waals surface area (Å²) in [6, 6.07) is 5.10. The second-order valence-corrected chi connectivity index (χ2v) is 6.51. The van der Waals surface area contributed by atoms with Crippen molar-refractivity contribution in [3.8, 4) is 0 Å². The lowest BCUT2D eigenvalue weighted by Crippen LogP contribution is -2.29. The number of benzene rings is 1. The average Bonchev–Trinajstić information content (AvgIpc) is 2.76. The van der Waals surface area contributed by atoms with Crippen molar-refractivity contribution < 1.29 is 14.7 Å². The van der Waals surface area contributed by atoms with Gasteiger partial charge in [-0.2, -0.15) is 0 Å². The Balaban J connectivity index is 2.11. The number of halogens is 2. The van der Waals surface area contributed by atoms with E-state index in [0.29, 0.717) is 23.6 Å². The normalized spacial score (nSPS) is 25.4. The number of hydrogen-bond acceptors (Lipinski definition) is 2. The SMILES string of the molecule is CC1C[C@H](C(=O)Nc2ccc(Br)c(Cl)c2)[C@H](C(=O)O)C1. The number of carboxylic acid groups (broad SMARTS) is 1. The number of aliphatic carboxylic acids is 1. The summed E-state index contributed by atoms with van der Waals surface area (Å²) in [5, 5.41) is 12.4. The molecule has 1 amide bonds. The van der Waals surface area contributed by atoms with Crippen molar-refractivity contribution in [2.45, 2.75) is 19.8 Å². The molecule has 1 aromatic rings. The van der Waals surface area contributed by atoms with Crippen LogP contribution in [0.5, 0.6) is 0 Å². The standard InChI is InChI=1S/C14H15BrClNO3/c1-7-4-9(10(5-7)14(19)20)13(18)17-8-2-3-11(15)12(16)6-8/h2-3,6-7,9-10H,4-5H2,1H3,(H,17,18)(H,19,20)/t7?,9-,10+/m0/s1. The lowest BCUT2D eigenvalue weighted by molar-refractivity contribution is -0.145. The van der Waals surface area contributed by atoms with Gasteiger partial charge in [0.05, 0.1) is 16.9 Å². The van der Waals surface area contributed by atoms with Gasteiger partial charge in [-0.1, -0.05) is 18.5 Å². The van der Waals surface area contributed by atoms with Gasteiger partial charge in [-0.3, -0.25) is 9.59 Å². The molecule has 2 N–H and O–H groups in total. The second kappa shape index (κ2) is 6.14. The van der Waals surface area contributed by atoms with Crippen molar-refractivity contribution in [3.63, 3.8) is 0 Å². The fourth-order valence-electron chi connectivity index (χ4n) is 2.66. The topological polar surface area (TPSA) is 66.4 Å². The van der Waals surface area contributed by atoms with E-state index in [0.717, 1.165) is 4.47 Å². The molecule has 0 bridgehead atoms. The highest BCUT2D eigenvalue weighted by atomic mass is 79.9. The molecule has 0 saturated heterocycles. The summed E-state index contributed by atoms with van der Waals surface area (Å²) in [7, 11) is 0. The number of carbonyl (C=O) groups is 2. The average molecular weight is 361 g/mol. The van der Waals surface area contributed by atoms with Crippen molar-refractivity contribution in [2.75, 3.05) is 5.32 Å². The lowest BCUT2D eigenvalue weighted by atomic mass is 9.95. The Morgan fingerprint density at radius 1 is 1.35 bits per heavy atom. The largest absolute Gasteiger partial charge is 0.481 e. The molecule has 0 heterocycles. The van der Waals surface area contributed by atoms with Gasteiger partial charge >= 0.3 is 5.97 Å². The molecule has 108 valence electrons. The molecule has 2 rings (SSSR count). The van der Waals surface area contributed by atoms with Gasteiger partial charge in [-0.05, 0) is 52.9 Å². The molecule has 4 nitrogen and oxygen atoms in total. The van der Waals surface area contributed by atoms with E-state index in [1.165, 1.54) is 0 Å². The Morgan fingerprint density at radius 2 is 2.00 bits per heavy atom. The number of nitrogens with one attached hydrogen (secondary N) is 1. The molecule has 1 aliphatic carbocycles. The molecule has 1 aliphatic rings. The van der Waals surface area contributed by atoms with Crippen molar-refractivity contribution in [2.24, 2.45) is 17.8 Å². The van der Waals surface area contributed by atoms with Crippen LogP contribution in [0.1, 0.15) is 19.8 Å². The Labute approximate surface area is 130 Å². The van der Waals surface area contributed by atoms with Crippen LogP contribution in [0.15, 0.2) is 22.7 Å². The predicted molar refractivity (Wildman–Crippen MR) is 80.8 cm³/mol. The lowest BCUT2D eigenvalue weighted by Gasteiger charge is -2.15. The molecule has 0 aliphatic heterocycles. The predicted octanol–water partition coefficient (Wildman–Crippen LogP) is 3.79. The fourth-order valence-corrected chi connectivity index (χ4v) is 3.09. The van der Waals surface area contributed by atoms with Gasteiger partial charge in [0.2, 0.25) is 5.91 Å². The molecule has 20 heavy (non-hydrogen) atoms. The van der Waals surface area contributed by atoms with Crippen LogP contribution in [-0.2, 0) is 9.59 Å². The summed E-state index contributed by atoms with van der Waals surface area (Å²) in [5.41, 5.74) is 0.576. The van der Waals surface area contributed by atoms with Gasteiger partial charge in [0, 0.05) is 10.2 Å². The molecule has 0 spiro atoms. The molecule has 0 radical (unpaired) electrons. The van der Waals surface area contributed by atoms with Crippen LogP contribution < -0.4 is 5.32 Å². The third kappa shape index (κ3) is 3.33. The summed E-state index contributed by atoms with van der Waals surface area (Å²) >= 11 is 9.24. The zero-order chi connectivity index (χ0) is 14.9. The third-order valence-corrected chi connectivity index (χ3v) is 4.87. The van der Waals surface area contributed by atoms with E-state index in [1.807, 2.05) is 6.92 Å². The Hall–Kier alpha value is -1.07. The third-order valence-electron chi connectivity index (χ3n) is 3.64. The molecule has 1 unspecified atom stereocenters. The van der Waals surface area contributed by atoms with E-state index in [2.05, 4.69) is 21.2 Å². The zero-order valence-electron chi connectivity index (χ0n) is 10.9. The molecule has 1 saturated carbocycles. The molecule has 3 atom stereocenters. The van der Waals surface area contributed by atoms with Crippen LogP contribution in [0, 0.1) is 17.8 Å². The number of carbonyl (C=O) groups excluding carboxylic acids is 1. The smallest absolute Gasteiger partial charge is 0.307 e. The minimum atomic E-state index is -0.900. The van der Waals surface area contributed by atoms with Gasteiger partial charge in [0.25, 0.3) is 0 Å². The first-order valence-corrected chi connectivity index (χ1v) is 7.54. The quantitative estimate of drug-likeness (QED) is 0.862. The maximum Gasteiger partial charge on any atom is 0.307 e. The zero-order valence-corrected chi connectivity index (χ0v) is 13.2. The van der Waals surface area contributed by atoms with E-state index in [1.54, 1.807) is 18.2 Å². The van der Waals surface area contributed by atoms with Gasteiger partial charge in [0.15, 0.2) is 0 Å². The van der Waals surface area contributed by atoms with Crippen LogP contribution in [0.2, 0.25) is 5.02 Å². The molecule has 1 fully saturated rings. The van der Waals surface area contributed by atoms with Crippen LogP contribution in [-0.4, -0.2) is 17.0 Å². The van der Waals surface area contributed by atoms with Gasteiger partial charge in [-0.25, -0.2) is 0 Å². The van der Waals surface area contributed by atoms with E-state index in [4.69, 9.17) is 11.6 Å². The second-order valence-electron chi connectivity index (χ2n) is 5.25. The maximum atomic E-state index is 12.2. The summed E-state index contributed by atoms with van der Waals surface area (Å²) < 4.78 is 0.745. The highest BCUT2D eigenvalue weighted by Gasteiger charge is 2.41. The van der Waals surface area contributed by atoms with Crippen LogP contribution >= 0.6 is 27.5 Å². The number of amides is 1. The molecule has 6 heteroatoms. The van der Waals surface area contributed by atoms with E-state index in [-0.39, 0.29) is 11.8 Å². The van der Waals surface area contributed by atoms with Gasteiger partial charge in [0.1, 0.15) is 0 Å². The highest BCUT2D eigenvalue weighted by molar-refractivity contribution is 9.10. The summed E-state index contributed by atoms with van der Waals surface area (Å²) in [4.78, 5) is 23.4. The van der Waals surface area contributed by atoms with Gasteiger partial charge in [-0.15, -0.1) is 0 Å². The van der Waals surface area contributed by atoms with E-state index < -0.39 is 17.8 Å². The van der Waals surface area contributed by atoms with Crippen LogP contribution in [0.3, 0.4) is 0 Å². The molecule has 1 aromatic carbocycles. The minimum absolute atomic E-state index is 0.250. The molecular weight excluding hydrogens is 346 g/mol. The first-order valence-electron chi connectivity index (χ1n) is 6.37. The summed E-state index contributed by atoms with van der Waals surface area (Å²) in [6.45, 7) is 1.97. The Kier molecular flexibility index (Phi) is 4.70. The number of hydrogen-bond donors (Lipinski definition) is 2. The van der Waals surface area contributed by atoms with Gasteiger partial charge < -0.3 is 10.4 Å². The van der Waals surface area contributed by atoms with Crippen molar-refractivity contribution in [3.05, 3.63) is 27.7 Å². The van der Waals surface area contributed by atoms with Crippen molar-refractivity contribution in [1.82, 2.24) is 0 Å². The first kappa shape index (κ1) is 15.3. The van der Waals surface area contributed by atoms with E-state index >= 15 is 0 Å². The van der Waals surface area contributed by atoms with Crippen LogP contribution in [0.4, 0.5) is 5.69 Å². The minimum Gasteiger partial charge on any atom is -0.481 e. The Bertz CT molecular complexity index is 549. The summed E-state index contributed by atoms with van der Waals surface area (Å²) in [6.07, 6.45) is 1.15. The number of anilines is 1. The van der Waals surface area contributed by atoms with E-state index in [9.17, 15) is 14.7 Å². The Morgan fingerprint density at radius 3 is 2.60 bits per heavy atom. The van der Waals surface area contributed by atoms with Crippen LogP contribution in [0.25, 0.3) is 0 Å². The maximum absolute atomic E-state index is 12.2. The fraction of sp³-hybridized carbons (Fsp3) is 0.429.